The van der Waals surface area contributed by atoms with Crippen molar-refractivity contribution in [2.75, 3.05) is 13.2 Å². The van der Waals surface area contributed by atoms with E-state index in [0.717, 1.165) is 12.8 Å². The summed E-state index contributed by atoms with van der Waals surface area (Å²) >= 11 is 0. The Morgan fingerprint density at radius 1 is 0.923 bits per heavy atom. The van der Waals surface area contributed by atoms with Gasteiger partial charge in [0.15, 0.2) is 12.6 Å². The summed E-state index contributed by atoms with van der Waals surface area (Å²) in [6.45, 7) is 3.27. The van der Waals surface area contributed by atoms with Crippen molar-refractivity contribution < 1.29 is 49.6 Å². The van der Waals surface area contributed by atoms with Crippen LogP contribution in [0.1, 0.15) is 26.7 Å². The number of hydrogen-bond acceptors (Lipinski definition) is 10. The van der Waals surface area contributed by atoms with Crippen molar-refractivity contribution in [1.29, 1.82) is 0 Å². The van der Waals surface area contributed by atoms with E-state index in [1.165, 1.54) is 0 Å². The lowest BCUT2D eigenvalue weighted by atomic mass is 9.99. The standard InChI is InChI=1S/C16H30O10/c1-3-4-7(2)25-16-14(22)12(20)11(19)9(26-16)6-24-15-13(21)10(18)8(17)5-23-15/h7-22H,3-6H2,1-2H3/t7-,8-,9-,10+,11-,12+,13-,14-,15+,16-/m1/s1. The number of ether oxygens (including phenoxy) is 4. The molecule has 2 heterocycles. The zero-order valence-corrected chi connectivity index (χ0v) is 14.9. The fourth-order valence-electron chi connectivity index (χ4n) is 2.99. The first-order valence-electron chi connectivity index (χ1n) is 8.88. The number of aliphatic hydroxyl groups excluding tert-OH is 6. The van der Waals surface area contributed by atoms with E-state index in [1.807, 2.05) is 6.92 Å². The van der Waals surface area contributed by atoms with Crippen molar-refractivity contribution in [3.8, 4) is 0 Å². The predicted molar refractivity (Wildman–Crippen MR) is 85.8 cm³/mol. The molecular formula is C16H30O10. The molecule has 10 nitrogen and oxygen atoms in total. The highest BCUT2D eigenvalue weighted by atomic mass is 16.7. The highest BCUT2D eigenvalue weighted by molar-refractivity contribution is 4.90. The average Bonchev–Trinajstić information content (AvgIpc) is 2.60. The van der Waals surface area contributed by atoms with Gasteiger partial charge in [-0.25, -0.2) is 0 Å². The summed E-state index contributed by atoms with van der Waals surface area (Å²) in [5.41, 5.74) is 0. The molecule has 0 aromatic heterocycles. The molecule has 0 aromatic carbocycles. The first-order chi connectivity index (χ1) is 12.3. The van der Waals surface area contributed by atoms with Gasteiger partial charge < -0.3 is 49.6 Å². The Kier molecular flexibility index (Phi) is 8.16. The van der Waals surface area contributed by atoms with Gasteiger partial charge in [0.25, 0.3) is 0 Å². The fraction of sp³-hybridized carbons (Fsp3) is 1.00. The monoisotopic (exact) mass is 382 g/mol. The summed E-state index contributed by atoms with van der Waals surface area (Å²) in [4.78, 5) is 0. The molecule has 0 saturated carbocycles. The van der Waals surface area contributed by atoms with E-state index < -0.39 is 55.3 Å². The summed E-state index contributed by atoms with van der Waals surface area (Å²) in [6, 6.07) is 0. The van der Waals surface area contributed by atoms with Gasteiger partial charge in [0.1, 0.15) is 42.7 Å². The lowest BCUT2D eigenvalue weighted by Crippen LogP contribution is -2.60. The van der Waals surface area contributed by atoms with Crippen LogP contribution in [0.2, 0.25) is 0 Å². The molecule has 26 heavy (non-hydrogen) atoms. The maximum Gasteiger partial charge on any atom is 0.186 e. The Morgan fingerprint density at radius 2 is 1.58 bits per heavy atom. The van der Waals surface area contributed by atoms with Crippen molar-refractivity contribution in [2.45, 2.75) is 88.1 Å². The van der Waals surface area contributed by atoms with Crippen LogP contribution in [0, 0.1) is 0 Å². The van der Waals surface area contributed by atoms with Gasteiger partial charge in [0.2, 0.25) is 0 Å². The topological polar surface area (TPSA) is 158 Å². The summed E-state index contributed by atoms with van der Waals surface area (Å²) in [5, 5.41) is 59.1. The molecule has 154 valence electrons. The zero-order valence-electron chi connectivity index (χ0n) is 14.9. The Hall–Kier alpha value is -0.400. The smallest absolute Gasteiger partial charge is 0.186 e. The normalized spacial score (nSPS) is 45.5. The van der Waals surface area contributed by atoms with Crippen molar-refractivity contribution in [3.05, 3.63) is 0 Å². The van der Waals surface area contributed by atoms with E-state index in [0.29, 0.717) is 0 Å². The predicted octanol–water partition coefficient (Wildman–Crippen LogP) is -2.55. The van der Waals surface area contributed by atoms with Gasteiger partial charge in [-0.2, -0.15) is 0 Å². The van der Waals surface area contributed by atoms with Gasteiger partial charge in [0.05, 0.1) is 19.3 Å². The van der Waals surface area contributed by atoms with Gasteiger partial charge in [0, 0.05) is 0 Å². The second-order valence-electron chi connectivity index (χ2n) is 6.83. The molecule has 6 N–H and O–H groups in total. The van der Waals surface area contributed by atoms with Crippen molar-refractivity contribution >= 4 is 0 Å². The molecule has 2 aliphatic rings. The number of aliphatic hydroxyl groups is 6. The zero-order chi connectivity index (χ0) is 19.4. The van der Waals surface area contributed by atoms with E-state index >= 15 is 0 Å². The van der Waals surface area contributed by atoms with E-state index in [9.17, 15) is 30.6 Å². The highest BCUT2D eigenvalue weighted by Gasteiger charge is 2.46. The Morgan fingerprint density at radius 3 is 2.23 bits per heavy atom. The van der Waals surface area contributed by atoms with Gasteiger partial charge in [-0.1, -0.05) is 13.3 Å². The van der Waals surface area contributed by atoms with Gasteiger partial charge in [-0.3, -0.25) is 0 Å². The van der Waals surface area contributed by atoms with Gasteiger partial charge in [-0.15, -0.1) is 0 Å². The Labute approximate surface area is 151 Å². The summed E-state index contributed by atoms with van der Waals surface area (Å²) in [7, 11) is 0. The second-order valence-corrected chi connectivity index (χ2v) is 6.83. The third-order valence-corrected chi connectivity index (χ3v) is 4.61. The van der Waals surface area contributed by atoms with E-state index in [2.05, 4.69) is 0 Å². The summed E-state index contributed by atoms with van der Waals surface area (Å²) < 4.78 is 21.5. The minimum atomic E-state index is -1.50. The van der Waals surface area contributed by atoms with E-state index in [4.69, 9.17) is 18.9 Å². The first kappa shape index (κ1) is 21.9. The molecular weight excluding hydrogens is 352 g/mol. The SMILES string of the molecule is CCC[C@@H](C)O[C@@H]1O[C@H](CO[C@@H]2OC[C@@H](O)[C@H](O)[C@H]2O)[C@@H](O)[C@H](O)[C@H]1O. The molecule has 0 aromatic rings. The first-order valence-corrected chi connectivity index (χ1v) is 8.88. The van der Waals surface area contributed by atoms with Crippen LogP contribution in [0.4, 0.5) is 0 Å². The second kappa shape index (κ2) is 9.69. The van der Waals surface area contributed by atoms with Crippen molar-refractivity contribution in [2.24, 2.45) is 0 Å². The molecule has 0 radical (unpaired) electrons. The van der Waals surface area contributed by atoms with Crippen LogP contribution in [-0.4, -0.2) is 105 Å². The molecule has 0 aliphatic carbocycles. The van der Waals surface area contributed by atoms with Crippen molar-refractivity contribution in [1.82, 2.24) is 0 Å². The molecule has 0 bridgehead atoms. The molecule has 10 heteroatoms. The minimum Gasteiger partial charge on any atom is -0.388 e. The Bertz CT molecular complexity index is 424. The molecule has 0 amide bonds. The minimum absolute atomic E-state index is 0.219. The lowest BCUT2D eigenvalue weighted by molar-refractivity contribution is -0.326. The van der Waals surface area contributed by atoms with Crippen LogP contribution >= 0.6 is 0 Å². The Balaban J connectivity index is 1.92. The number of hydrogen-bond donors (Lipinski definition) is 6. The maximum absolute atomic E-state index is 10.1. The van der Waals surface area contributed by atoms with Gasteiger partial charge >= 0.3 is 0 Å². The third-order valence-electron chi connectivity index (χ3n) is 4.61. The quantitative estimate of drug-likeness (QED) is 0.277. The molecule has 0 unspecified atom stereocenters. The highest BCUT2D eigenvalue weighted by Crippen LogP contribution is 2.25. The molecule has 10 atom stereocenters. The van der Waals surface area contributed by atoms with Crippen LogP contribution in [0.25, 0.3) is 0 Å². The van der Waals surface area contributed by atoms with E-state index in [-0.39, 0.29) is 19.3 Å². The van der Waals surface area contributed by atoms with E-state index in [1.54, 1.807) is 6.92 Å². The summed E-state index contributed by atoms with van der Waals surface area (Å²) in [6.07, 6.45) is -10.5. The van der Waals surface area contributed by atoms with Crippen LogP contribution in [-0.2, 0) is 18.9 Å². The molecule has 0 spiro atoms. The largest absolute Gasteiger partial charge is 0.388 e. The molecule has 2 aliphatic heterocycles. The van der Waals surface area contributed by atoms with Gasteiger partial charge in [-0.05, 0) is 13.3 Å². The molecule has 2 rings (SSSR count). The fourth-order valence-corrected chi connectivity index (χ4v) is 2.99. The van der Waals surface area contributed by atoms with Crippen molar-refractivity contribution in [3.63, 3.8) is 0 Å². The molecule has 2 fully saturated rings. The van der Waals surface area contributed by atoms with Crippen LogP contribution in [0.15, 0.2) is 0 Å². The summed E-state index contributed by atoms with van der Waals surface area (Å²) in [5.74, 6) is 0. The third kappa shape index (κ3) is 5.10. The molecule has 2 saturated heterocycles. The number of rotatable bonds is 7. The average molecular weight is 382 g/mol. The lowest BCUT2D eigenvalue weighted by Gasteiger charge is -2.42. The maximum atomic E-state index is 10.1. The van der Waals surface area contributed by atoms with Crippen LogP contribution < -0.4 is 0 Å². The van der Waals surface area contributed by atoms with Crippen LogP contribution in [0.3, 0.4) is 0 Å². The van der Waals surface area contributed by atoms with Crippen LogP contribution in [0.5, 0.6) is 0 Å².